The van der Waals surface area contributed by atoms with Gasteiger partial charge in [0.05, 0.1) is 12.0 Å². The molecular formula is C17H23N3O2. The molecule has 5 nitrogen and oxygen atoms in total. The lowest BCUT2D eigenvalue weighted by molar-refractivity contribution is -0.156. The topological polar surface area (TPSA) is 66.2 Å². The molecule has 0 bridgehead atoms. The van der Waals surface area contributed by atoms with Crippen molar-refractivity contribution in [3.8, 4) is 6.07 Å². The molecule has 5 heteroatoms. The van der Waals surface area contributed by atoms with E-state index in [2.05, 4.69) is 29.8 Å². The summed E-state index contributed by atoms with van der Waals surface area (Å²) in [5, 5.41) is 9.13. The van der Waals surface area contributed by atoms with Crippen molar-refractivity contribution in [2.24, 2.45) is 11.3 Å². The largest absolute Gasteiger partial charge is 0.466 e. The molecule has 0 amide bonds. The molecular weight excluding hydrogens is 278 g/mol. The molecule has 118 valence electrons. The Morgan fingerprint density at radius 3 is 2.86 bits per heavy atom. The van der Waals surface area contributed by atoms with Crippen LogP contribution in [0.4, 0.5) is 5.82 Å². The van der Waals surface area contributed by atoms with Gasteiger partial charge in [-0.05, 0) is 37.8 Å². The van der Waals surface area contributed by atoms with Crippen LogP contribution < -0.4 is 4.90 Å². The normalized spacial score (nSPS) is 21.0. The van der Waals surface area contributed by atoms with E-state index >= 15 is 0 Å². The van der Waals surface area contributed by atoms with E-state index in [1.807, 2.05) is 26.0 Å². The van der Waals surface area contributed by atoms with Gasteiger partial charge in [0.15, 0.2) is 0 Å². The zero-order valence-corrected chi connectivity index (χ0v) is 13.7. The van der Waals surface area contributed by atoms with E-state index in [0.717, 1.165) is 24.3 Å². The highest BCUT2D eigenvalue weighted by Gasteiger charge is 2.48. The predicted molar refractivity (Wildman–Crippen MR) is 84.4 cm³/mol. The molecule has 22 heavy (non-hydrogen) atoms. The first-order chi connectivity index (χ1) is 10.4. The zero-order valence-electron chi connectivity index (χ0n) is 13.7. The van der Waals surface area contributed by atoms with E-state index in [1.165, 1.54) is 0 Å². The summed E-state index contributed by atoms with van der Waals surface area (Å²) in [6, 6.07) is 5.93. The maximum Gasteiger partial charge on any atom is 0.314 e. The number of ether oxygens (including phenoxy) is 1. The van der Waals surface area contributed by atoms with Gasteiger partial charge in [0, 0.05) is 13.1 Å². The average molecular weight is 301 g/mol. The molecule has 0 radical (unpaired) electrons. The molecule has 0 N–H and O–H groups in total. The number of aromatic nitrogens is 1. The van der Waals surface area contributed by atoms with Gasteiger partial charge in [0.1, 0.15) is 17.6 Å². The molecule has 1 unspecified atom stereocenters. The Hall–Kier alpha value is -2.09. The van der Waals surface area contributed by atoms with Crippen LogP contribution in [-0.2, 0) is 9.53 Å². The fourth-order valence-electron chi connectivity index (χ4n) is 2.98. The number of rotatable bonds is 4. The van der Waals surface area contributed by atoms with E-state index < -0.39 is 5.41 Å². The van der Waals surface area contributed by atoms with Crippen molar-refractivity contribution in [1.29, 1.82) is 5.26 Å². The molecule has 0 aliphatic carbocycles. The number of aryl methyl sites for hydroxylation is 1. The van der Waals surface area contributed by atoms with Gasteiger partial charge in [-0.1, -0.05) is 19.9 Å². The van der Waals surface area contributed by atoms with E-state index in [0.29, 0.717) is 18.8 Å². The Kier molecular flexibility index (Phi) is 4.70. The minimum Gasteiger partial charge on any atom is -0.466 e. The highest BCUT2D eigenvalue weighted by Crippen LogP contribution is 2.40. The van der Waals surface area contributed by atoms with Crippen LogP contribution in [0.15, 0.2) is 12.1 Å². The number of nitriles is 1. The molecule has 1 aromatic heterocycles. The number of carbonyl (C=O) groups excluding carboxylic acids is 1. The third-order valence-electron chi connectivity index (χ3n) is 4.60. The molecule has 1 saturated heterocycles. The third kappa shape index (κ3) is 2.78. The van der Waals surface area contributed by atoms with Crippen LogP contribution in [0, 0.1) is 29.6 Å². The van der Waals surface area contributed by atoms with Gasteiger partial charge in [-0.25, -0.2) is 4.98 Å². The van der Waals surface area contributed by atoms with Gasteiger partial charge >= 0.3 is 5.97 Å². The second kappa shape index (κ2) is 6.35. The van der Waals surface area contributed by atoms with Gasteiger partial charge in [0.25, 0.3) is 0 Å². The van der Waals surface area contributed by atoms with Crippen molar-refractivity contribution in [3.63, 3.8) is 0 Å². The summed E-state index contributed by atoms with van der Waals surface area (Å²) in [6.45, 7) is 9.56. The lowest BCUT2D eigenvalue weighted by Gasteiger charge is -2.31. The summed E-state index contributed by atoms with van der Waals surface area (Å²) in [7, 11) is 0. The van der Waals surface area contributed by atoms with Crippen LogP contribution >= 0.6 is 0 Å². The number of pyridine rings is 1. The molecule has 1 aliphatic heterocycles. The first-order valence-corrected chi connectivity index (χ1v) is 7.74. The predicted octanol–water partition coefficient (Wildman–Crippen LogP) is 2.68. The molecule has 1 fully saturated rings. The SMILES string of the molecule is CCOC(=O)C1(C(C)C)CCN(c2ccc(C)c(C#N)n2)C1. The van der Waals surface area contributed by atoms with Crippen molar-refractivity contribution in [3.05, 3.63) is 23.4 Å². The number of anilines is 1. The van der Waals surface area contributed by atoms with Gasteiger partial charge in [0.2, 0.25) is 0 Å². The molecule has 0 aromatic carbocycles. The fourth-order valence-corrected chi connectivity index (χ4v) is 2.98. The molecule has 0 spiro atoms. The highest BCUT2D eigenvalue weighted by molar-refractivity contribution is 5.79. The Morgan fingerprint density at radius 2 is 2.27 bits per heavy atom. The molecule has 0 saturated carbocycles. The second-order valence-corrected chi connectivity index (χ2v) is 6.15. The summed E-state index contributed by atoms with van der Waals surface area (Å²) in [6.07, 6.45) is 0.751. The Bertz CT molecular complexity index is 606. The smallest absolute Gasteiger partial charge is 0.314 e. The quantitative estimate of drug-likeness (QED) is 0.800. The third-order valence-corrected chi connectivity index (χ3v) is 4.60. The molecule has 1 aromatic rings. The first-order valence-electron chi connectivity index (χ1n) is 7.74. The second-order valence-electron chi connectivity index (χ2n) is 6.15. The fraction of sp³-hybridized carbons (Fsp3) is 0.588. The van der Waals surface area contributed by atoms with Crippen LogP contribution in [-0.4, -0.2) is 30.6 Å². The van der Waals surface area contributed by atoms with Crippen LogP contribution in [0.1, 0.15) is 38.4 Å². The summed E-state index contributed by atoms with van der Waals surface area (Å²) in [5.74, 6) is 0.825. The van der Waals surface area contributed by atoms with Crippen molar-refractivity contribution < 1.29 is 9.53 Å². The van der Waals surface area contributed by atoms with E-state index in [9.17, 15) is 4.79 Å². The molecule has 2 rings (SSSR count). The van der Waals surface area contributed by atoms with Crippen molar-refractivity contribution in [1.82, 2.24) is 4.98 Å². The van der Waals surface area contributed by atoms with E-state index in [-0.39, 0.29) is 11.9 Å². The van der Waals surface area contributed by atoms with Crippen molar-refractivity contribution in [2.45, 2.75) is 34.1 Å². The van der Waals surface area contributed by atoms with Crippen molar-refractivity contribution >= 4 is 11.8 Å². The standard InChI is InChI=1S/C17H23N3O2/c1-5-22-16(21)17(12(2)3)8-9-20(11-17)15-7-6-13(4)14(10-18)19-15/h6-7,12H,5,8-9,11H2,1-4H3. The lowest BCUT2D eigenvalue weighted by Crippen LogP contribution is -2.40. The summed E-state index contributed by atoms with van der Waals surface area (Å²) >= 11 is 0. The first kappa shape index (κ1) is 16.3. The number of esters is 1. The van der Waals surface area contributed by atoms with Crippen LogP contribution in [0.5, 0.6) is 0 Å². The maximum absolute atomic E-state index is 12.4. The minimum absolute atomic E-state index is 0.125. The Labute approximate surface area is 131 Å². The van der Waals surface area contributed by atoms with Crippen LogP contribution in [0.3, 0.4) is 0 Å². The van der Waals surface area contributed by atoms with Gasteiger partial charge in [-0.3, -0.25) is 4.79 Å². The Balaban J connectivity index is 2.27. The van der Waals surface area contributed by atoms with Gasteiger partial charge in [-0.2, -0.15) is 5.26 Å². The van der Waals surface area contributed by atoms with Crippen LogP contribution in [0.2, 0.25) is 0 Å². The van der Waals surface area contributed by atoms with Gasteiger partial charge < -0.3 is 9.64 Å². The number of carbonyl (C=O) groups is 1. The number of nitrogens with zero attached hydrogens (tertiary/aromatic N) is 3. The summed E-state index contributed by atoms with van der Waals surface area (Å²) in [5.41, 5.74) is 0.816. The molecule has 2 heterocycles. The Morgan fingerprint density at radius 1 is 1.55 bits per heavy atom. The zero-order chi connectivity index (χ0) is 16.3. The molecule has 1 atom stereocenters. The number of hydrogen-bond donors (Lipinski definition) is 0. The maximum atomic E-state index is 12.4. The minimum atomic E-state index is -0.491. The molecule has 1 aliphatic rings. The van der Waals surface area contributed by atoms with Crippen molar-refractivity contribution in [2.75, 3.05) is 24.6 Å². The summed E-state index contributed by atoms with van der Waals surface area (Å²) in [4.78, 5) is 18.9. The van der Waals surface area contributed by atoms with E-state index in [4.69, 9.17) is 10.00 Å². The number of hydrogen-bond acceptors (Lipinski definition) is 5. The van der Waals surface area contributed by atoms with Gasteiger partial charge in [-0.15, -0.1) is 0 Å². The highest BCUT2D eigenvalue weighted by atomic mass is 16.5. The lowest BCUT2D eigenvalue weighted by atomic mass is 9.76. The van der Waals surface area contributed by atoms with Crippen LogP contribution in [0.25, 0.3) is 0 Å². The van der Waals surface area contributed by atoms with E-state index in [1.54, 1.807) is 0 Å². The monoisotopic (exact) mass is 301 g/mol. The average Bonchev–Trinajstić information content (AvgIpc) is 2.94. The summed E-state index contributed by atoms with van der Waals surface area (Å²) < 4.78 is 5.30.